The van der Waals surface area contributed by atoms with Crippen LogP contribution in [0.4, 0.5) is 0 Å². The Kier molecular flexibility index (Phi) is 2.55. The second kappa shape index (κ2) is 4.02. The van der Waals surface area contributed by atoms with E-state index in [1.165, 1.54) is 6.20 Å². The van der Waals surface area contributed by atoms with Crippen LogP contribution in [0.5, 0.6) is 5.75 Å². The zero-order valence-corrected chi connectivity index (χ0v) is 8.42. The van der Waals surface area contributed by atoms with Gasteiger partial charge in [-0.2, -0.15) is 0 Å². The van der Waals surface area contributed by atoms with Crippen molar-refractivity contribution < 1.29 is 9.90 Å². The summed E-state index contributed by atoms with van der Waals surface area (Å²) in [6.45, 7) is 0. The third-order valence-electron chi connectivity index (χ3n) is 2.24. The molecular weight excluding hydrogens is 204 g/mol. The fraction of sp³-hybridized carbons (Fsp3) is 0. The van der Waals surface area contributed by atoms with Crippen LogP contribution in [0.25, 0.3) is 11.1 Å². The standard InChI is InChI=1S/C12H10N2O2/c13-12(16)9-5-8(6-14-7-9)10-3-1-2-4-11(10)15/h1-7,15H,(H2,13,16). The van der Waals surface area contributed by atoms with Crippen LogP contribution in [0.1, 0.15) is 10.4 Å². The quantitative estimate of drug-likeness (QED) is 0.796. The molecule has 0 bridgehead atoms. The number of aromatic nitrogens is 1. The van der Waals surface area contributed by atoms with Crippen LogP contribution in [0.2, 0.25) is 0 Å². The van der Waals surface area contributed by atoms with Gasteiger partial charge in [0, 0.05) is 23.5 Å². The number of amides is 1. The predicted octanol–water partition coefficient (Wildman–Crippen LogP) is 1.55. The summed E-state index contributed by atoms with van der Waals surface area (Å²) >= 11 is 0. The van der Waals surface area contributed by atoms with Crippen molar-refractivity contribution >= 4 is 5.91 Å². The molecule has 0 radical (unpaired) electrons. The Morgan fingerprint density at radius 1 is 1.25 bits per heavy atom. The van der Waals surface area contributed by atoms with Crippen LogP contribution in [-0.4, -0.2) is 16.0 Å². The molecule has 0 aliphatic rings. The summed E-state index contributed by atoms with van der Waals surface area (Å²) in [7, 11) is 0. The lowest BCUT2D eigenvalue weighted by atomic mass is 10.1. The lowest BCUT2D eigenvalue weighted by molar-refractivity contribution is 0.1000. The van der Waals surface area contributed by atoms with E-state index in [2.05, 4.69) is 4.98 Å². The minimum absolute atomic E-state index is 0.144. The van der Waals surface area contributed by atoms with Crippen LogP contribution in [0, 0.1) is 0 Å². The van der Waals surface area contributed by atoms with E-state index < -0.39 is 5.91 Å². The monoisotopic (exact) mass is 214 g/mol. The summed E-state index contributed by atoms with van der Waals surface area (Å²) in [4.78, 5) is 14.9. The lowest BCUT2D eigenvalue weighted by Gasteiger charge is -2.04. The second-order valence-corrected chi connectivity index (χ2v) is 3.34. The molecule has 4 heteroatoms. The van der Waals surface area contributed by atoms with E-state index in [1.807, 2.05) is 0 Å². The van der Waals surface area contributed by atoms with Crippen molar-refractivity contribution in [1.82, 2.24) is 4.98 Å². The fourth-order valence-corrected chi connectivity index (χ4v) is 1.44. The van der Waals surface area contributed by atoms with Gasteiger partial charge in [-0.25, -0.2) is 0 Å². The first-order valence-corrected chi connectivity index (χ1v) is 4.71. The van der Waals surface area contributed by atoms with Crippen molar-refractivity contribution in [2.24, 2.45) is 5.73 Å². The molecule has 0 saturated heterocycles. The normalized spacial score (nSPS) is 10.0. The number of hydrogen-bond acceptors (Lipinski definition) is 3. The highest BCUT2D eigenvalue weighted by atomic mass is 16.3. The number of hydrogen-bond donors (Lipinski definition) is 2. The third-order valence-corrected chi connectivity index (χ3v) is 2.24. The maximum Gasteiger partial charge on any atom is 0.250 e. The van der Waals surface area contributed by atoms with Gasteiger partial charge in [-0.15, -0.1) is 0 Å². The minimum atomic E-state index is -0.537. The molecule has 0 atom stereocenters. The van der Waals surface area contributed by atoms with Gasteiger partial charge in [0.25, 0.3) is 0 Å². The molecular formula is C12H10N2O2. The highest BCUT2D eigenvalue weighted by molar-refractivity contribution is 5.93. The number of aromatic hydroxyl groups is 1. The number of primary amides is 1. The number of carbonyl (C=O) groups is 1. The van der Waals surface area contributed by atoms with Crippen molar-refractivity contribution in [3.05, 3.63) is 48.3 Å². The van der Waals surface area contributed by atoms with E-state index >= 15 is 0 Å². The molecule has 4 nitrogen and oxygen atoms in total. The topological polar surface area (TPSA) is 76.2 Å². The Morgan fingerprint density at radius 2 is 2.00 bits per heavy atom. The Hall–Kier alpha value is -2.36. The van der Waals surface area contributed by atoms with Crippen molar-refractivity contribution in [2.45, 2.75) is 0 Å². The Morgan fingerprint density at radius 3 is 2.69 bits per heavy atom. The van der Waals surface area contributed by atoms with Gasteiger partial charge < -0.3 is 10.8 Å². The first-order chi connectivity index (χ1) is 7.68. The van der Waals surface area contributed by atoms with Gasteiger partial charge >= 0.3 is 0 Å². The minimum Gasteiger partial charge on any atom is -0.507 e. The molecule has 3 N–H and O–H groups in total. The zero-order chi connectivity index (χ0) is 11.5. The molecule has 1 amide bonds. The van der Waals surface area contributed by atoms with E-state index in [0.717, 1.165) is 0 Å². The van der Waals surface area contributed by atoms with E-state index in [9.17, 15) is 9.90 Å². The number of phenolic OH excluding ortho intramolecular Hbond substituents is 1. The number of benzene rings is 1. The number of rotatable bonds is 2. The molecule has 16 heavy (non-hydrogen) atoms. The van der Waals surface area contributed by atoms with Crippen LogP contribution in [-0.2, 0) is 0 Å². The average molecular weight is 214 g/mol. The molecule has 0 aliphatic heterocycles. The fourth-order valence-electron chi connectivity index (χ4n) is 1.44. The van der Waals surface area contributed by atoms with E-state index in [4.69, 9.17) is 5.73 Å². The number of nitrogens with zero attached hydrogens (tertiary/aromatic N) is 1. The number of phenols is 1. The largest absolute Gasteiger partial charge is 0.507 e. The number of nitrogens with two attached hydrogens (primary N) is 1. The average Bonchev–Trinajstić information content (AvgIpc) is 2.30. The molecule has 1 aromatic carbocycles. The molecule has 1 aromatic heterocycles. The molecule has 0 unspecified atom stereocenters. The smallest absolute Gasteiger partial charge is 0.250 e. The van der Waals surface area contributed by atoms with Gasteiger partial charge in [0.2, 0.25) is 5.91 Å². The van der Waals surface area contributed by atoms with Crippen LogP contribution in [0.15, 0.2) is 42.7 Å². The molecule has 80 valence electrons. The number of pyridine rings is 1. The van der Waals surface area contributed by atoms with Crippen LogP contribution < -0.4 is 5.73 Å². The summed E-state index contributed by atoms with van der Waals surface area (Å²) in [5.74, 6) is -0.393. The summed E-state index contributed by atoms with van der Waals surface area (Å²) in [5.41, 5.74) is 6.76. The first-order valence-electron chi connectivity index (χ1n) is 4.71. The van der Waals surface area contributed by atoms with E-state index in [0.29, 0.717) is 16.7 Å². The van der Waals surface area contributed by atoms with Crippen LogP contribution in [0.3, 0.4) is 0 Å². The predicted molar refractivity (Wildman–Crippen MR) is 59.9 cm³/mol. The van der Waals surface area contributed by atoms with Crippen molar-refractivity contribution in [1.29, 1.82) is 0 Å². The Balaban J connectivity index is 2.53. The Bertz CT molecular complexity index is 538. The number of carbonyl (C=O) groups excluding carboxylic acids is 1. The van der Waals surface area contributed by atoms with Crippen molar-refractivity contribution in [3.8, 4) is 16.9 Å². The van der Waals surface area contributed by atoms with Gasteiger partial charge in [0.1, 0.15) is 5.75 Å². The van der Waals surface area contributed by atoms with E-state index in [1.54, 1.807) is 36.5 Å². The summed E-state index contributed by atoms with van der Waals surface area (Å²) in [5, 5.41) is 9.65. The molecule has 0 fully saturated rings. The van der Waals surface area contributed by atoms with Gasteiger partial charge in [-0.05, 0) is 12.1 Å². The SMILES string of the molecule is NC(=O)c1cncc(-c2ccccc2O)c1. The molecule has 1 heterocycles. The highest BCUT2D eigenvalue weighted by Gasteiger charge is 2.06. The summed E-state index contributed by atoms with van der Waals surface area (Å²) in [6, 6.07) is 8.45. The van der Waals surface area contributed by atoms with Gasteiger partial charge in [-0.3, -0.25) is 9.78 Å². The lowest BCUT2D eigenvalue weighted by Crippen LogP contribution is -2.11. The molecule has 2 rings (SSSR count). The first kappa shape index (κ1) is 10.2. The zero-order valence-electron chi connectivity index (χ0n) is 8.42. The second-order valence-electron chi connectivity index (χ2n) is 3.34. The maximum atomic E-state index is 11.0. The van der Waals surface area contributed by atoms with Gasteiger partial charge in [0.15, 0.2) is 0 Å². The highest BCUT2D eigenvalue weighted by Crippen LogP contribution is 2.28. The van der Waals surface area contributed by atoms with Crippen molar-refractivity contribution in [3.63, 3.8) is 0 Å². The molecule has 0 saturated carbocycles. The maximum absolute atomic E-state index is 11.0. The van der Waals surface area contributed by atoms with E-state index in [-0.39, 0.29) is 5.75 Å². The summed E-state index contributed by atoms with van der Waals surface area (Å²) in [6.07, 6.45) is 2.97. The molecule has 2 aromatic rings. The Labute approximate surface area is 92.4 Å². The third kappa shape index (κ3) is 1.86. The van der Waals surface area contributed by atoms with Gasteiger partial charge in [0.05, 0.1) is 5.56 Å². The number of para-hydroxylation sites is 1. The molecule has 0 aliphatic carbocycles. The molecule has 0 spiro atoms. The summed E-state index contributed by atoms with van der Waals surface area (Å²) < 4.78 is 0. The van der Waals surface area contributed by atoms with Gasteiger partial charge in [-0.1, -0.05) is 18.2 Å². The van der Waals surface area contributed by atoms with Crippen LogP contribution >= 0.6 is 0 Å². The van der Waals surface area contributed by atoms with Crippen molar-refractivity contribution in [2.75, 3.05) is 0 Å².